The lowest BCUT2D eigenvalue weighted by atomic mass is 10.1. The molecule has 0 saturated carbocycles. The average molecular weight is 363 g/mol. The molecule has 1 atom stereocenters. The Morgan fingerprint density at radius 1 is 1.24 bits per heavy atom. The van der Waals surface area contributed by atoms with E-state index < -0.39 is 0 Å². The number of hydrogen-bond donors (Lipinski definition) is 1. The Bertz CT molecular complexity index is 701. The zero-order valence-electron chi connectivity index (χ0n) is 14.3. The molecule has 0 aliphatic carbocycles. The second-order valence-corrected chi connectivity index (χ2v) is 7.32. The Hall–Kier alpha value is -2.22. The number of piperazine rings is 1. The first-order chi connectivity index (χ1) is 12.0. The Balaban J connectivity index is 1.66. The Kier molecular flexibility index (Phi) is 5.17. The van der Waals surface area contributed by atoms with E-state index in [1.165, 1.54) is 11.8 Å². The van der Waals surface area contributed by atoms with Gasteiger partial charge in [0.1, 0.15) is 0 Å². The molecule has 134 valence electrons. The highest BCUT2D eigenvalue weighted by Gasteiger charge is 2.27. The van der Waals surface area contributed by atoms with Crippen molar-refractivity contribution in [2.75, 3.05) is 38.1 Å². The number of ether oxygens (including phenoxy) is 1. The van der Waals surface area contributed by atoms with Gasteiger partial charge >= 0.3 is 6.09 Å². The number of anilines is 1. The zero-order chi connectivity index (χ0) is 18.0. The molecule has 3 rings (SSSR count). The number of rotatable bonds is 2. The number of hydrogen-bond acceptors (Lipinski definition) is 5. The standard InChI is InChI=1S/C17H21N3O4S/c1-3-24-17(23)20-8-6-19(7-9-20)16(22)12-4-5-14-13(10-12)18-15(21)11(2)25-14/h4-5,10-11H,3,6-9H2,1-2H3,(H,18,21). The predicted molar refractivity (Wildman–Crippen MR) is 94.9 cm³/mol. The number of nitrogens with one attached hydrogen (secondary N) is 1. The highest BCUT2D eigenvalue weighted by Crippen LogP contribution is 2.36. The van der Waals surface area contributed by atoms with Gasteiger partial charge in [0.05, 0.1) is 17.5 Å². The van der Waals surface area contributed by atoms with Crippen LogP contribution in [0.3, 0.4) is 0 Å². The topological polar surface area (TPSA) is 79.0 Å². The van der Waals surface area contributed by atoms with Crippen molar-refractivity contribution in [3.05, 3.63) is 23.8 Å². The molecular weight excluding hydrogens is 342 g/mol. The lowest BCUT2D eigenvalue weighted by molar-refractivity contribution is -0.115. The van der Waals surface area contributed by atoms with Crippen LogP contribution in [0.1, 0.15) is 24.2 Å². The van der Waals surface area contributed by atoms with Crippen LogP contribution >= 0.6 is 11.8 Å². The molecule has 7 nitrogen and oxygen atoms in total. The van der Waals surface area contributed by atoms with Gasteiger partial charge in [-0.3, -0.25) is 9.59 Å². The smallest absolute Gasteiger partial charge is 0.409 e. The molecule has 0 spiro atoms. The van der Waals surface area contributed by atoms with Crippen molar-refractivity contribution in [2.24, 2.45) is 0 Å². The quantitative estimate of drug-likeness (QED) is 0.870. The lowest BCUT2D eigenvalue weighted by Gasteiger charge is -2.34. The fourth-order valence-corrected chi connectivity index (χ4v) is 3.76. The highest BCUT2D eigenvalue weighted by atomic mass is 32.2. The van der Waals surface area contributed by atoms with E-state index in [0.717, 1.165) is 4.90 Å². The van der Waals surface area contributed by atoms with Gasteiger partial charge in [0.15, 0.2) is 0 Å². The molecule has 0 aromatic heterocycles. The van der Waals surface area contributed by atoms with E-state index in [1.54, 1.807) is 28.9 Å². The first-order valence-corrected chi connectivity index (χ1v) is 9.20. The van der Waals surface area contributed by atoms with Crippen LogP contribution in [0.25, 0.3) is 0 Å². The van der Waals surface area contributed by atoms with Gasteiger partial charge in [0, 0.05) is 36.6 Å². The molecule has 2 heterocycles. The number of amides is 3. The minimum atomic E-state index is -0.336. The largest absolute Gasteiger partial charge is 0.450 e. The lowest BCUT2D eigenvalue weighted by Crippen LogP contribution is -2.50. The summed E-state index contributed by atoms with van der Waals surface area (Å²) >= 11 is 1.49. The SMILES string of the molecule is CCOC(=O)N1CCN(C(=O)c2ccc3c(c2)NC(=O)C(C)S3)CC1. The number of thioether (sulfide) groups is 1. The van der Waals surface area contributed by atoms with Gasteiger partial charge in [0.25, 0.3) is 5.91 Å². The van der Waals surface area contributed by atoms with Crippen LogP contribution in [0, 0.1) is 0 Å². The van der Waals surface area contributed by atoms with E-state index in [2.05, 4.69) is 5.32 Å². The third kappa shape index (κ3) is 3.73. The van der Waals surface area contributed by atoms with E-state index in [4.69, 9.17) is 4.74 Å². The van der Waals surface area contributed by atoms with E-state index in [0.29, 0.717) is 44.0 Å². The van der Waals surface area contributed by atoms with Gasteiger partial charge in [-0.05, 0) is 32.0 Å². The van der Waals surface area contributed by atoms with Crippen molar-refractivity contribution in [3.8, 4) is 0 Å². The zero-order valence-corrected chi connectivity index (χ0v) is 15.1. The van der Waals surface area contributed by atoms with Crippen LogP contribution in [0.2, 0.25) is 0 Å². The van der Waals surface area contributed by atoms with Crippen LogP contribution in [-0.4, -0.2) is 65.7 Å². The maximum absolute atomic E-state index is 12.7. The second kappa shape index (κ2) is 7.35. The number of benzene rings is 1. The number of carbonyl (C=O) groups is 3. The van der Waals surface area contributed by atoms with Crippen LogP contribution < -0.4 is 5.32 Å². The highest BCUT2D eigenvalue weighted by molar-refractivity contribution is 8.00. The van der Waals surface area contributed by atoms with Gasteiger partial charge in [-0.2, -0.15) is 0 Å². The fourth-order valence-electron chi connectivity index (χ4n) is 2.83. The normalized spacial score (nSPS) is 19.9. The van der Waals surface area contributed by atoms with Crippen molar-refractivity contribution in [1.82, 2.24) is 9.80 Å². The predicted octanol–water partition coefficient (Wildman–Crippen LogP) is 2.03. The Labute approximate surface area is 150 Å². The fraction of sp³-hybridized carbons (Fsp3) is 0.471. The van der Waals surface area contributed by atoms with Crippen LogP contribution in [0.15, 0.2) is 23.1 Å². The Morgan fingerprint density at radius 2 is 1.92 bits per heavy atom. The minimum Gasteiger partial charge on any atom is -0.450 e. The first kappa shape index (κ1) is 17.6. The molecule has 1 aromatic carbocycles. The molecule has 1 saturated heterocycles. The maximum atomic E-state index is 12.7. The number of carbonyl (C=O) groups excluding carboxylic acids is 3. The summed E-state index contributed by atoms with van der Waals surface area (Å²) in [4.78, 5) is 40.5. The summed E-state index contributed by atoms with van der Waals surface area (Å²) in [5.74, 6) is -0.144. The van der Waals surface area contributed by atoms with Crippen molar-refractivity contribution < 1.29 is 19.1 Å². The Morgan fingerprint density at radius 3 is 2.60 bits per heavy atom. The first-order valence-electron chi connectivity index (χ1n) is 8.32. The number of nitrogens with zero attached hydrogens (tertiary/aromatic N) is 2. The second-order valence-electron chi connectivity index (χ2n) is 5.94. The van der Waals surface area contributed by atoms with Crippen molar-refractivity contribution in [2.45, 2.75) is 24.0 Å². The summed E-state index contributed by atoms with van der Waals surface area (Å²) in [7, 11) is 0. The molecule has 1 unspecified atom stereocenters. The molecule has 1 fully saturated rings. The van der Waals surface area contributed by atoms with Gasteiger partial charge in [-0.15, -0.1) is 11.8 Å². The minimum absolute atomic E-state index is 0.0508. The molecular formula is C17H21N3O4S. The third-order valence-electron chi connectivity index (χ3n) is 4.25. The summed E-state index contributed by atoms with van der Waals surface area (Å²) in [6.07, 6.45) is -0.336. The van der Waals surface area contributed by atoms with Crippen LogP contribution in [0.4, 0.5) is 10.5 Å². The molecule has 0 radical (unpaired) electrons. The van der Waals surface area contributed by atoms with Gasteiger partial charge < -0.3 is 19.9 Å². The molecule has 0 bridgehead atoms. The third-order valence-corrected chi connectivity index (χ3v) is 5.43. The summed E-state index contributed by atoms with van der Waals surface area (Å²) in [5.41, 5.74) is 1.22. The molecule has 25 heavy (non-hydrogen) atoms. The van der Waals surface area contributed by atoms with E-state index >= 15 is 0 Å². The summed E-state index contributed by atoms with van der Waals surface area (Å²) in [6, 6.07) is 5.39. The molecule has 8 heteroatoms. The molecule has 2 aliphatic rings. The summed E-state index contributed by atoms with van der Waals surface area (Å²) in [6.45, 7) is 5.81. The van der Waals surface area contributed by atoms with Crippen LogP contribution in [0.5, 0.6) is 0 Å². The van der Waals surface area contributed by atoms with E-state index in [1.807, 2.05) is 13.0 Å². The van der Waals surface area contributed by atoms with Gasteiger partial charge in [-0.1, -0.05) is 0 Å². The summed E-state index contributed by atoms with van der Waals surface area (Å²) < 4.78 is 4.98. The molecule has 1 N–H and O–H groups in total. The van der Waals surface area contributed by atoms with Crippen LogP contribution in [-0.2, 0) is 9.53 Å². The van der Waals surface area contributed by atoms with Crippen molar-refractivity contribution in [3.63, 3.8) is 0 Å². The van der Waals surface area contributed by atoms with E-state index in [-0.39, 0.29) is 23.2 Å². The van der Waals surface area contributed by atoms with Gasteiger partial charge in [-0.25, -0.2) is 4.79 Å². The summed E-state index contributed by atoms with van der Waals surface area (Å²) in [5, 5.41) is 2.71. The maximum Gasteiger partial charge on any atom is 0.409 e. The molecule has 2 aliphatic heterocycles. The monoisotopic (exact) mass is 363 g/mol. The molecule has 1 aromatic rings. The number of fused-ring (bicyclic) bond motifs is 1. The van der Waals surface area contributed by atoms with E-state index in [9.17, 15) is 14.4 Å². The molecule has 3 amide bonds. The van der Waals surface area contributed by atoms with Crippen molar-refractivity contribution >= 4 is 35.4 Å². The van der Waals surface area contributed by atoms with Crippen molar-refractivity contribution in [1.29, 1.82) is 0 Å². The van der Waals surface area contributed by atoms with Gasteiger partial charge in [0.2, 0.25) is 5.91 Å². The average Bonchev–Trinajstić information content (AvgIpc) is 2.62.